The molecule has 0 aromatic heterocycles. The number of carboxylic acid groups (broad SMARTS) is 2. The second-order valence-corrected chi connectivity index (χ2v) is 9.15. The van der Waals surface area contributed by atoms with Gasteiger partial charge in [-0.1, -0.05) is 86.3 Å². The second kappa shape index (κ2) is 17.7. The number of imide groups is 1. The highest BCUT2D eigenvalue weighted by molar-refractivity contribution is 5.94. The van der Waals surface area contributed by atoms with Crippen LogP contribution in [0.5, 0.6) is 0 Å². The van der Waals surface area contributed by atoms with Crippen molar-refractivity contribution in [1.82, 2.24) is 21.3 Å². The molecule has 0 saturated carbocycles. The Labute approximate surface area is 223 Å². The summed E-state index contributed by atoms with van der Waals surface area (Å²) < 4.78 is 0. The van der Waals surface area contributed by atoms with Crippen LogP contribution in [0.15, 0.2) is 60.7 Å². The summed E-state index contributed by atoms with van der Waals surface area (Å²) >= 11 is 0. The Balaban J connectivity index is 1.75. The topological polar surface area (TPSA) is 157 Å². The van der Waals surface area contributed by atoms with Crippen molar-refractivity contribution in [2.45, 2.75) is 69.6 Å². The van der Waals surface area contributed by atoms with Gasteiger partial charge in [-0.25, -0.2) is 9.59 Å². The average Bonchev–Trinajstić information content (AvgIpc) is 2.89. The van der Waals surface area contributed by atoms with E-state index in [4.69, 9.17) is 5.11 Å². The maximum Gasteiger partial charge on any atom is 0.411 e. The fourth-order valence-corrected chi connectivity index (χ4v) is 4.19. The molecule has 10 nitrogen and oxygen atoms in total. The van der Waals surface area contributed by atoms with Gasteiger partial charge >= 0.3 is 12.2 Å². The van der Waals surface area contributed by atoms with Crippen molar-refractivity contribution in [3.05, 3.63) is 71.8 Å². The summed E-state index contributed by atoms with van der Waals surface area (Å²) in [5, 5.41) is 28.7. The molecule has 0 bridgehead atoms. The first-order valence-corrected chi connectivity index (χ1v) is 12.9. The zero-order valence-corrected chi connectivity index (χ0v) is 21.5. The van der Waals surface area contributed by atoms with Crippen LogP contribution < -0.4 is 21.3 Å². The van der Waals surface area contributed by atoms with Crippen molar-refractivity contribution in [1.29, 1.82) is 0 Å². The van der Waals surface area contributed by atoms with E-state index in [0.29, 0.717) is 12.8 Å². The van der Waals surface area contributed by atoms with Gasteiger partial charge in [0.25, 0.3) is 0 Å². The largest absolute Gasteiger partial charge is 0.465 e. The molecular formula is C28H38N4O6. The lowest BCUT2D eigenvalue weighted by atomic mass is 10.0. The maximum atomic E-state index is 12.5. The van der Waals surface area contributed by atoms with Crippen LogP contribution in [-0.2, 0) is 22.4 Å². The first kappa shape index (κ1) is 30.5. The van der Waals surface area contributed by atoms with Gasteiger partial charge < -0.3 is 25.6 Å². The molecule has 3 amide bonds. The standard InChI is InChI=1S/C28H38N4O6/c33-20-23(18-21-12-6-4-7-13-21)29-17-11-3-1-2-10-16-25(31-27(35)36)30-24(26(34)32-28(37)38)19-22-14-8-5-9-15-22/h4-9,12-15,20,23-25,29-31H,1-3,10-11,16-19H2,(H,32,34)(H,35,36)(H,37,38)/t23?,24-,25?/m0/s1. The fourth-order valence-electron chi connectivity index (χ4n) is 4.19. The monoisotopic (exact) mass is 526 g/mol. The number of carbonyl (C=O) groups excluding carboxylic acids is 2. The van der Waals surface area contributed by atoms with Crippen molar-refractivity contribution < 1.29 is 29.4 Å². The first-order chi connectivity index (χ1) is 18.4. The van der Waals surface area contributed by atoms with E-state index >= 15 is 0 Å². The van der Waals surface area contributed by atoms with Gasteiger partial charge in [0, 0.05) is 0 Å². The van der Waals surface area contributed by atoms with Crippen LogP contribution >= 0.6 is 0 Å². The fraction of sp³-hybridized carbons (Fsp3) is 0.429. The molecule has 206 valence electrons. The summed E-state index contributed by atoms with van der Waals surface area (Å²) in [6, 6.07) is 17.8. The number of hydrogen-bond donors (Lipinski definition) is 6. The molecule has 0 aliphatic rings. The number of amides is 3. The van der Waals surface area contributed by atoms with Gasteiger partial charge in [0.15, 0.2) is 0 Å². The molecule has 2 aromatic rings. The molecule has 10 heteroatoms. The molecule has 0 aliphatic heterocycles. The first-order valence-electron chi connectivity index (χ1n) is 12.9. The van der Waals surface area contributed by atoms with E-state index in [2.05, 4.69) is 16.0 Å². The number of benzene rings is 2. The van der Waals surface area contributed by atoms with E-state index in [1.165, 1.54) is 0 Å². The number of nitrogens with one attached hydrogen (secondary N) is 4. The van der Waals surface area contributed by atoms with Crippen LogP contribution in [0.25, 0.3) is 0 Å². The highest BCUT2D eigenvalue weighted by Gasteiger charge is 2.24. The molecule has 0 heterocycles. The second-order valence-electron chi connectivity index (χ2n) is 9.15. The third kappa shape index (κ3) is 13.0. The normalized spacial score (nSPS) is 13.2. The summed E-state index contributed by atoms with van der Waals surface area (Å²) in [4.78, 5) is 46.1. The van der Waals surface area contributed by atoms with Crippen molar-refractivity contribution in [3.63, 3.8) is 0 Å². The Hall–Kier alpha value is -3.76. The van der Waals surface area contributed by atoms with Gasteiger partial charge in [-0.2, -0.15) is 0 Å². The van der Waals surface area contributed by atoms with Crippen molar-refractivity contribution in [2.75, 3.05) is 6.54 Å². The zero-order valence-electron chi connectivity index (χ0n) is 21.5. The van der Waals surface area contributed by atoms with Crippen LogP contribution in [-0.4, -0.2) is 59.4 Å². The molecule has 0 radical (unpaired) electrons. The van der Waals surface area contributed by atoms with Crippen LogP contribution in [0, 0.1) is 0 Å². The lowest BCUT2D eigenvalue weighted by Crippen LogP contribution is -2.55. The van der Waals surface area contributed by atoms with E-state index in [1.807, 2.05) is 66.0 Å². The van der Waals surface area contributed by atoms with E-state index < -0.39 is 30.3 Å². The van der Waals surface area contributed by atoms with Gasteiger partial charge in [-0.3, -0.25) is 15.4 Å². The Morgan fingerprint density at radius 1 is 0.763 bits per heavy atom. The Morgan fingerprint density at radius 2 is 1.34 bits per heavy atom. The predicted octanol–water partition coefficient (Wildman–Crippen LogP) is 3.32. The van der Waals surface area contributed by atoms with Crippen molar-refractivity contribution >= 4 is 24.4 Å². The third-order valence-corrected chi connectivity index (χ3v) is 6.07. The summed E-state index contributed by atoms with van der Waals surface area (Å²) in [6.45, 7) is 0.737. The molecule has 3 atom stereocenters. The molecular weight excluding hydrogens is 488 g/mol. The molecule has 2 rings (SSSR count). The van der Waals surface area contributed by atoms with Gasteiger partial charge in [-0.05, 0) is 43.4 Å². The minimum absolute atomic E-state index is 0.205. The highest BCUT2D eigenvalue weighted by Crippen LogP contribution is 2.10. The molecule has 38 heavy (non-hydrogen) atoms. The van der Waals surface area contributed by atoms with E-state index in [-0.39, 0.29) is 12.5 Å². The maximum absolute atomic E-state index is 12.5. The van der Waals surface area contributed by atoms with Gasteiger partial charge in [-0.15, -0.1) is 0 Å². The number of hydrogen-bond acceptors (Lipinski definition) is 6. The minimum Gasteiger partial charge on any atom is -0.465 e. The quantitative estimate of drug-likeness (QED) is 0.0981. The summed E-state index contributed by atoms with van der Waals surface area (Å²) in [5.74, 6) is -0.744. The molecule has 0 spiro atoms. The van der Waals surface area contributed by atoms with Crippen molar-refractivity contribution in [3.8, 4) is 0 Å². The third-order valence-electron chi connectivity index (χ3n) is 6.07. The van der Waals surface area contributed by atoms with Crippen LogP contribution in [0.4, 0.5) is 9.59 Å². The molecule has 0 fully saturated rings. The average molecular weight is 527 g/mol. The van der Waals surface area contributed by atoms with Crippen LogP contribution in [0.2, 0.25) is 0 Å². The Morgan fingerprint density at radius 3 is 1.92 bits per heavy atom. The smallest absolute Gasteiger partial charge is 0.411 e. The Kier molecular flexibility index (Phi) is 14.2. The predicted molar refractivity (Wildman–Crippen MR) is 144 cm³/mol. The molecule has 0 aliphatic carbocycles. The van der Waals surface area contributed by atoms with Crippen LogP contribution in [0.3, 0.4) is 0 Å². The lowest BCUT2D eigenvalue weighted by Gasteiger charge is -2.25. The van der Waals surface area contributed by atoms with Gasteiger partial charge in [0.05, 0.1) is 18.2 Å². The molecule has 2 unspecified atom stereocenters. The van der Waals surface area contributed by atoms with Gasteiger partial charge in [0.1, 0.15) is 6.29 Å². The lowest BCUT2D eigenvalue weighted by molar-refractivity contribution is -0.122. The summed E-state index contributed by atoms with van der Waals surface area (Å²) in [7, 11) is 0. The van der Waals surface area contributed by atoms with Gasteiger partial charge in [0.2, 0.25) is 5.91 Å². The highest BCUT2D eigenvalue weighted by atomic mass is 16.4. The summed E-state index contributed by atoms with van der Waals surface area (Å²) in [5.41, 5.74) is 1.93. The molecule has 0 saturated heterocycles. The van der Waals surface area contributed by atoms with Crippen LogP contribution in [0.1, 0.15) is 49.7 Å². The minimum atomic E-state index is -1.47. The molecule has 6 N–H and O–H groups in total. The van der Waals surface area contributed by atoms with E-state index in [0.717, 1.165) is 56.1 Å². The SMILES string of the molecule is O=CC(Cc1ccccc1)NCCCCCCCC(NC(=O)O)N[C@@H](Cc1ccccc1)C(=O)NC(=O)O. The Bertz CT molecular complexity index is 989. The molecule has 2 aromatic carbocycles. The zero-order chi connectivity index (χ0) is 27.6. The number of rotatable bonds is 18. The van der Waals surface area contributed by atoms with Crippen molar-refractivity contribution in [2.24, 2.45) is 0 Å². The number of unbranched alkanes of at least 4 members (excludes halogenated alkanes) is 4. The van der Waals surface area contributed by atoms with E-state index in [9.17, 15) is 24.3 Å². The summed E-state index contributed by atoms with van der Waals surface area (Å²) in [6.07, 6.45) is 3.25. The number of aldehydes is 1. The van der Waals surface area contributed by atoms with E-state index in [1.54, 1.807) is 0 Å². The number of carbonyl (C=O) groups is 4.